The number of benzene rings is 2. The topological polar surface area (TPSA) is 81.7 Å². The number of anilines is 1. The van der Waals surface area contributed by atoms with Crippen LogP contribution in [0.3, 0.4) is 0 Å². The van der Waals surface area contributed by atoms with Crippen LogP contribution >= 0.6 is 15.9 Å². The monoisotopic (exact) mass is 481 g/mol. The highest BCUT2D eigenvalue weighted by Crippen LogP contribution is 2.25. The molecule has 0 saturated carbocycles. The molecule has 3 heterocycles. The zero-order valence-electron chi connectivity index (χ0n) is 16.9. The van der Waals surface area contributed by atoms with Crippen molar-refractivity contribution in [2.45, 2.75) is 19.4 Å². The van der Waals surface area contributed by atoms with Gasteiger partial charge in [-0.2, -0.15) is 4.98 Å². The van der Waals surface area contributed by atoms with Crippen molar-refractivity contribution in [2.24, 2.45) is 0 Å². The first kappa shape index (κ1) is 19.7. The van der Waals surface area contributed by atoms with Gasteiger partial charge in [0.15, 0.2) is 0 Å². The van der Waals surface area contributed by atoms with Crippen LogP contribution in [0.1, 0.15) is 28.8 Å². The molecule has 1 fully saturated rings. The summed E-state index contributed by atoms with van der Waals surface area (Å²) in [6, 6.07) is 12.8. The molecule has 2 aromatic heterocycles. The molecule has 5 rings (SSSR count). The van der Waals surface area contributed by atoms with E-state index in [9.17, 15) is 9.59 Å². The number of ether oxygens (including phenoxy) is 1. The summed E-state index contributed by atoms with van der Waals surface area (Å²) in [6.07, 6.45) is 2.22. The zero-order valence-corrected chi connectivity index (χ0v) is 18.5. The van der Waals surface area contributed by atoms with E-state index in [1.54, 1.807) is 22.9 Å². The number of fused-ring (bicyclic) bond motifs is 3. The van der Waals surface area contributed by atoms with E-state index in [0.29, 0.717) is 23.3 Å². The van der Waals surface area contributed by atoms with Crippen molar-refractivity contribution in [3.63, 3.8) is 0 Å². The maximum absolute atomic E-state index is 12.8. The predicted molar refractivity (Wildman–Crippen MR) is 121 cm³/mol. The summed E-state index contributed by atoms with van der Waals surface area (Å²) in [5.41, 5.74) is 1.93. The normalized spacial score (nSPS) is 13.9. The summed E-state index contributed by atoms with van der Waals surface area (Å²) in [5.74, 6) is 0.913. The number of halogens is 1. The van der Waals surface area contributed by atoms with E-state index < -0.39 is 0 Å². The third-order valence-corrected chi connectivity index (χ3v) is 6.06. The Morgan fingerprint density at radius 2 is 1.87 bits per heavy atom. The van der Waals surface area contributed by atoms with E-state index in [-0.39, 0.29) is 11.5 Å². The third-order valence-electron chi connectivity index (χ3n) is 5.57. The maximum atomic E-state index is 12.8. The lowest BCUT2D eigenvalue weighted by atomic mass is 10.1. The van der Waals surface area contributed by atoms with E-state index >= 15 is 0 Å². The Morgan fingerprint density at radius 1 is 1.13 bits per heavy atom. The van der Waals surface area contributed by atoms with Gasteiger partial charge in [0.1, 0.15) is 0 Å². The summed E-state index contributed by atoms with van der Waals surface area (Å²) in [4.78, 5) is 31.1. The molecule has 8 nitrogen and oxygen atoms in total. The Hall–Kier alpha value is -3.20. The molecule has 0 amide bonds. The second-order valence-corrected chi connectivity index (χ2v) is 8.47. The van der Waals surface area contributed by atoms with Crippen molar-refractivity contribution in [3.05, 3.63) is 68.4 Å². The lowest BCUT2D eigenvalue weighted by Gasteiger charge is -2.15. The molecular formula is C22H20BrN5O3. The zero-order chi connectivity index (χ0) is 21.5. The van der Waals surface area contributed by atoms with E-state index in [2.05, 4.69) is 25.8 Å². The van der Waals surface area contributed by atoms with Crippen LogP contribution in [-0.4, -0.2) is 45.3 Å². The summed E-state index contributed by atoms with van der Waals surface area (Å²) in [7, 11) is 1.36. The van der Waals surface area contributed by atoms with Crippen LogP contribution < -0.4 is 10.5 Å². The molecule has 1 saturated heterocycles. The lowest BCUT2D eigenvalue weighted by Crippen LogP contribution is -2.21. The minimum Gasteiger partial charge on any atom is -0.465 e. The highest BCUT2D eigenvalue weighted by Gasteiger charge is 2.23. The van der Waals surface area contributed by atoms with Crippen molar-refractivity contribution in [1.82, 2.24) is 19.2 Å². The Labute approximate surface area is 186 Å². The van der Waals surface area contributed by atoms with Gasteiger partial charge in [-0.1, -0.05) is 28.1 Å². The van der Waals surface area contributed by atoms with Gasteiger partial charge in [-0.15, -0.1) is 5.10 Å². The van der Waals surface area contributed by atoms with Crippen LogP contribution in [-0.2, 0) is 11.3 Å². The Balaban J connectivity index is 1.66. The highest BCUT2D eigenvalue weighted by molar-refractivity contribution is 9.10. The van der Waals surface area contributed by atoms with Crippen molar-refractivity contribution in [3.8, 4) is 0 Å². The number of esters is 1. The molecule has 31 heavy (non-hydrogen) atoms. The van der Waals surface area contributed by atoms with E-state index in [1.807, 2.05) is 28.7 Å². The molecule has 0 bridgehead atoms. The number of hydrogen-bond donors (Lipinski definition) is 0. The van der Waals surface area contributed by atoms with E-state index in [4.69, 9.17) is 9.84 Å². The van der Waals surface area contributed by atoms with Crippen LogP contribution in [0.2, 0.25) is 0 Å². The summed E-state index contributed by atoms with van der Waals surface area (Å²) < 4.78 is 9.32. The lowest BCUT2D eigenvalue weighted by molar-refractivity contribution is 0.0600. The third kappa shape index (κ3) is 3.48. The SMILES string of the molecule is COC(=O)c1ccc(Cn2nc(N3CCCC3)n3c4ccc(Br)cc4c(=O)nc23)cc1. The van der Waals surface area contributed by atoms with Gasteiger partial charge in [-0.05, 0) is 48.7 Å². The maximum Gasteiger partial charge on any atom is 0.337 e. The van der Waals surface area contributed by atoms with Crippen molar-refractivity contribution in [2.75, 3.05) is 25.1 Å². The van der Waals surface area contributed by atoms with Crippen LogP contribution in [0.4, 0.5) is 5.95 Å². The smallest absolute Gasteiger partial charge is 0.337 e. The quantitative estimate of drug-likeness (QED) is 0.416. The van der Waals surface area contributed by atoms with Crippen molar-refractivity contribution < 1.29 is 9.53 Å². The fraction of sp³-hybridized carbons (Fsp3) is 0.273. The molecule has 0 N–H and O–H groups in total. The van der Waals surface area contributed by atoms with Gasteiger partial charge in [0.2, 0.25) is 11.7 Å². The van der Waals surface area contributed by atoms with E-state index in [0.717, 1.165) is 47.4 Å². The molecular weight excluding hydrogens is 462 g/mol. The molecule has 0 atom stereocenters. The summed E-state index contributed by atoms with van der Waals surface area (Å²) in [6.45, 7) is 2.27. The Bertz CT molecular complexity index is 1350. The molecule has 0 radical (unpaired) electrons. The number of carbonyl (C=O) groups is 1. The molecule has 4 aromatic rings. The number of hydrogen-bond acceptors (Lipinski definition) is 6. The second-order valence-electron chi connectivity index (χ2n) is 7.55. The van der Waals surface area contributed by atoms with Gasteiger partial charge in [0.05, 0.1) is 30.1 Å². The van der Waals surface area contributed by atoms with Crippen molar-refractivity contribution in [1.29, 1.82) is 0 Å². The predicted octanol–water partition coefficient (Wildman–Crippen LogP) is 3.24. The number of rotatable bonds is 4. The summed E-state index contributed by atoms with van der Waals surface area (Å²) in [5, 5.41) is 5.41. The number of aromatic nitrogens is 4. The highest BCUT2D eigenvalue weighted by atomic mass is 79.9. The number of carbonyl (C=O) groups excluding carboxylic acids is 1. The first-order valence-electron chi connectivity index (χ1n) is 10.1. The van der Waals surface area contributed by atoms with Gasteiger partial charge in [0, 0.05) is 17.6 Å². The fourth-order valence-electron chi connectivity index (χ4n) is 4.02. The minimum atomic E-state index is -0.377. The first-order chi connectivity index (χ1) is 15.0. The standard InChI is InChI=1S/C22H20BrN5O3/c1-31-20(30)15-6-4-14(5-7-15)13-27-21-24-19(29)17-12-16(23)8-9-18(17)28(21)22(25-27)26-10-2-3-11-26/h4-9,12H,2-3,10-11,13H2,1H3. The average Bonchev–Trinajstić information content (AvgIpc) is 3.43. The van der Waals surface area contributed by atoms with Gasteiger partial charge in [0.25, 0.3) is 5.56 Å². The number of nitrogens with zero attached hydrogens (tertiary/aromatic N) is 5. The van der Waals surface area contributed by atoms with Crippen LogP contribution in [0.25, 0.3) is 16.7 Å². The summed E-state index contributed by atoms with van der Waals surface area (Å²) >= 11 is 3.45. The average molecular weight is 482 g/mol. The van der Waals surface area contributed by atoms with E-state index in [1.165, 1.54) is 7.11 Å². The van der Waals surface area contributed by atoms with Gasteiger partial charge in [-0.3, -0.25) is 4.79 Å². The molecule has 0 spiro atoms. The largest absolute Gasteiger partial charge is 0.465 e. The molecule has 0 unspecified atom stereocenters. The Kier molecular flexibility index (Phi) is 4.97. The van der Waals surface area contributed by atoms with Crippen LogP contribution in [0.5, 0.6) is 0 Å². The molecule has 0 aliphatic carbocycles. The van der Waals surface area contributed by atoms with Crippen LogP contribution in [0, 0.1) is 0 Å². The second kappa shape index (κ2) is 7.81. The molecule has 1 aliphatic heterocycles. The van der Waals surface area contributed by atoms with Crippen molar-refractivity contribution >= 4 is 44.5 Å². The molecule has 158 valence electrons. The first-order valence-corrected chi connectivity index (χ1v) is 10.9. The number of methoxy groups -OCH3 is 1. The molecule has 9 heteroatoms. The van der Waals surface area contributed by atoms with Gasteiger partial charge < -0.3 is 9.64 Å². The van der Waals surface area contributed by atoms with Gasteiger partial charge >= 0.3 is 5.97 Å². The van der Waals surface area contributed by atoms with Gasteiger partial charge in [-0.25, -0.2) is 13.9 Å². The Morgan fingerprint density at radius 3 is 2.58 bits per heavy atom. The fourth-order valence-corrected chi connectivity index (χ4v) is 4.38. The van der Waals surface area contributed by atoms with Crippen LogP contribution in [0.15, 0.2) is 51.7 Å². The molecule has 1 aliphatic rings. The minimum absolute atomic E-state index is 0.286. The molecule has 2 aromatic carbocycles.